The van der Waals surface area contributed by atoms with E-state index in [4.69, 9.17) is 0 Å². The zero-order valence-corrected chi connectivity index (χ0v) is 12.9. The lowest BCUT2D eigenvalue weighted by molar-refractivity contribution is -0.384. The standard InChI is InChI=1S/C15H20N4O4/c1-3-4-8-14(20)18-17-11(2)9-15(21)16-12-6-5-7-13(10-12)19(22)23/h5-7,10,17H,2-4,8-9H2,1H3,(H,16,21)(H,18,20). The van der Waals surface area contributed by atoms with Crippen molar-refractivity contribution >= 4 is 23.2 Å². The number of non-ortho nitro benzene ring substituents is 1. The molecular weight excluding hydrogens is 300 g/mol. The lowest BCUT2D eigenvalue weighted by Gasteiger charge is -2.11. The maximum absolute atomic E-state index is 11.8. The van der Waals surface area contributed by atoms with Crippen LogP contribution in [0.3, 0.4) is 0 Å². The Bertz CT molecular complexity index is 601. The maximum atomic E-state index is 11.8. The highest BCUT2D eigenvalue weighted by Gasteiger charge is 2.09. The molecule has 0 fully saturated rings. The largest absolute Gasteiger partial charge is 0.326 e. The van der Waals surface area contributed by atoms with Crippen LogP contribution in [0.2, 0.25) is 0 Å². The van der Waals surface area contributed by atoms with E-state index in [2.05, 4.69) is 22.7 Å². The molecule has 124 valence electrons. The van der Waals surface area contributed by atoms with Gasteiger partial charge in [0.05, 0.1) is 11.3 Å². The van der Waals surface area contributed by atoms with Crippen LogP contribution >= 0.6 is 0 Å². The Kier molecular flexibility index (Phi) is 7.25. The minimum absolute atomic E-state index is 0.0727. The van der Waals surface area contributed by atoms with E-state index >= 15 is 0 Å². The summed E-state index contributed by atoms with van der Waals surface area (Å²) in [6.45, 7) is 5.62. The molecule has 0 bridgehead atoms. The van der Waals surface area contributed by atoms with Gasteiger partial charge in [-0.2, -0.15) is 0 Å². The van der Waals surface area contributed by atoms with Crippen LogP contribution in [0.15, 0.2) is 36.5 Å². The minimum Gasteiger partial charge on any atom is -0.326 e. The number of nitrogens with one attached hydrogen (secondary N) is 3. The van der Waals surface area contributed by atoms with Crippen LogP contribution < -0.4 is 16.2 Å². The van der Waals surface area contributed by atoms with Gasteiger partial charge < -0.3 is 10.7 Å². The third-order valence-corrected chi connectivity index (χ3v) is 2.85. The van der Waals surface area contributed by atoms with E-state index in [1.807, 2.05) is 6.92 Å². The molecule has 0 aromatic heterocycles. The number of nitro benzene ring substituents is 1. The average molecular weight is 320 g/mol. The van der Waals surface area contributed by atoms with Crippen molar-refractivity contribution in [2.24, 2.45) is 0 Å². The van der Waals surface area contributed by atoms with Crippen molar-refractivity contribution in [3.05, 3.63) is 46.7 Å². The van der Waals surface area contributed by atoms with E-state index in [0.717, 1.165) is 12.8 Å². The third-order valence-electron chi connectivity index (χ3n) is 2.85. The molecule has 3 N–H and O–H groups in total. The fourth-order valence-corrected chi connectivity index (χ4v) is 1.70. The van der Waals surface area contributed by atoms with Gasteiger partial charge in [0.2, 0.25) is 11.8 Å². The van der Waals surface area contributed by atoms with Crippen LogP contribution in [0.4, 0.5) is 11.4 Å². The zero-order valence-electron chi connectivity index (χ0n) is 12.9. The van der Waals surface area contributed by atoms with Crippen LogP contribution in [-0.2, 0) is 9.59 Å². The van der Waals surface area contributed by atoms with Gasteiger partial charge in [0, 0.05) is 29.9 Å². The Balaban J connectivity index is 2.41. The van der Waals surface area contributed by atoms with Gasteiger partial charge in [-0.3, -0.25) is 25.1 Å². The van der Waals surface area contributed by atoms with Gasteiger partial charge in [-0.15, -0.1) is 0 Å². The number of anilines is 1. The van der Waals surface area contributed by atoms with Gasteiger partial charge in [0.1, 0.15) is 0 Å². The second-order valence-corrected chi connectivity index (χ2v) is 4.91. The second-order valence-electron chi connectivity index (χ2n) is 4.91. The highest BCUT2D eigenvalue weighted by molar-refractivity contribution is 5.92. The van der Waals surface area contributed by atoms with Crippen molar-refractivity contribution < 1.29 is 14.5 Å². The number of hydrogen-bond donors (Lipinski definition) is 3. The number of hydrogen-bond acceptors (Lipinski definition) is 5. The monoisotopic (exact) mass is 320 g/mol. The second kappa shape index (κ2) is 9.19. The van der Waals surface area contributed by atoms with Crippen molar-refractivity contribution in [1.82, 2.24) is 10.9 Å². The van der Waals surface area contributed by atoms with Crippen molar-refractivity contribution in [3.8, 4) is 0 Å². The topological polar surface area (TPSA) is 113 Å². The van der Waals surface area contributed by atoms with Crippen molar-refractivity contribution in [1.29, 1.82) is 0 Å². The van der Waals surface area contributed by atoms with E-state index in [1.54, 1.807) is 6.07 Å². The number of amides is 2. The van der Waals surface area contributed by atoms with Crippen LogP contribution in [0.1, 0.15) is 32.6 Å². The highest BCUT2D eigenvalue weighted by atomic mass is 16.6. The summed E-state index contributed by atoms with van der Waals surface area (Å²) in [4.78, 5) is 33.4. The quantitative estimate of drug-likeness (QED) is 0.477. The Morgan fingerprint density at radius 1 is 1.26 bits per heavy atom. The summed E-state index contributed by atoms with van der Waals surface area (Å²) in [6, 6.07) is 5.63. The Morgan fingerprint density at radius 2 is 2.00 bits per heavy atom. The van der Waals surface area contributed by atoms with Crippen LogP contribution in [0, 0.1) is 10.1 Å². The Hall–Kier alpha value is -2.90. The van der Waals surface area contributed by atoms with E-state index in [9.17, 15) is 19.7 Å². The number of unbranched alkanes of at least 4 members (excludes halogenated alkanes) is 1. The van der Waals surface area contributed by atoms with Crippen LogP contribution in [-0.4, -0.2) is 16.7 Å². The molecule has 8 heteroatoms. The van der Waals surface area contributed by atoms with Crippen LogP contribution in [0.5, 0.6) is 0 Å². The maximum Gasteiger partial charge on any atom is 0.271 e. The molecule has 0 atom stereocenters. The fourth-order valence-electron chi connectivity index (χ4n) is 1.70. The van der Waals surface area contributed by atoms with Gasteiger partial charge in [-0.25, -0.2) is 0 Å². The van der Waals surface area contributed by atoms with Gasteiger partial charge in [-0.1, -0.05) is 26.0 Å². The normalized spacial score (nSPS) is 9.78. The molecule has 8 nitrogen and oxygen atoms in total. The molecule has 0 aliphatic rings. The number of nitro groups is 1. The molecule has 0 heterocycles. The Labute approximate surface area is 134 Å². The predicted octanol–water partition coefficient (Wildman–Crippen LogP) is 2.25. The molecule has 23 heavy (non-hydrogen) atoms. The molecule has 1 rings (SSSR count). The summed E-state index contributed by atoms with van der Waals surface area (Å²) in [5.41, 5.74) is 5.56. The summed E-state index contributed by atoms with van der Waals surface area (Å²) in [7, 11) is 0. The summed E-state index contributed by atoms with van der Waals surface area (Å²) >= 11 is 0. The molecule has 1 aromatic rings. The van der Waals surface area contributed by atoms with Gasteiger partial charge in [0.25, 0.3) is 5.69 Å². The number of carbonyl (C=O) groups excluding carboxylic acids is 2. The predicted molar refractivity (Wildman–Crippen MR) is 86.3 cm³/mol. The van der Waals surface area contributed by atoms with Gasteiger partial charge in [-0.05, 0) is 12.5 Å². The van der Waals surface area contributed by atoms with E-state index in [0.29, 0.717) is 17.8 Å². The summed E-state index contributed by atoms with van der Waals surface area (Å²) < 4.78 is 0. The molecule has 1 aromatic carbocycles. The molecule has 0 aliphatic heterocycles. The van der Waals surface area contributed by atoms with Gasteiger partial charge in [0.15, 0.2) is 0 Å². The molecule has 0 saturated carbocycles. The number of rotatable bonds is 9. The highest BCUT2D eigenvalue weighted by Crippen LogP contribution is 2.17. The number of hydrazine groups is 1. The number of carbonyl (C=O) groups is 2. The SMILES string of the molecule is C=C(CC(=O)Nc1cccc([N+](=O)[O-])c1)NNC(=O)CCCC. The first-order chi connectivity index (χ1) is 10.9. The minimum atomic E-state index is -0.540. The molecular formula is C15H20N4O4. The summed E-state index contributed by atoms with van der Waals surface area (Å²) in [6.07, 6.45) is 2.03. The molecule has 0 radical (unpaired) electrons. The molecule has 0 saturated heterocycles. The number of nitrogens with zero attached hydrogens (tertiary/aromatic N) is 1. The first-order valence-corrected chi connectivity index (χ1v) is 7.19. The smallest absolute Gasteiger partial charge is 0.271 e. The van der Waals surface area contributed by atoms with E-state index < -0.39 is 10.8 Å². The zero-order chi connectivity index (χ0) is 17.2. The molecule has 0 unspecified atom stereocenters. The summed E-state index contributed by atoms with van der Waals surface area (Å²) in [5, 5.41) is 13.2. The lowest BCUT2D eigenvalue weighted by Crippen LogP contribution is -2.37. The van der Waals surface area contributed by atoms with Crippen molar-refractivity contribution in [2.45, 2.75) is 32.6 Å². The van der Waals surface area contributed by atoms with Crippen molar-refractivity contribution in [3.63, 3.8) is 0 Å². The third kappa shape index (κ3) is 7.07. The number of benzene rings is 1. The lowest BCUT2D eigenvalue weighted by atomic mass is 10.2. The molecule has 0 spiro atoms. The van der Waals surface area contributed by atoms with E-state index in [1.165, 1.54) is 18.2 Å². The average Bonchev–Trinajstić information content (AvgIpc) is 2.51. The van der Waals surface area contributed by atoms with Crippen LogP contribution in [0.25, 0.3) is 0 Å². The summed E-state index contributed by atoms with van der Waals surface area (Å²) in [5.74, 6) is -0.571. The van der Waals surface area contributed by atoms with Gasteiger partial charge >= 0.3 is 0 Å². The fraction of sp³-hybridized carbons (Fsp3) is 0.333. The van der Waals surface area contributed by atoms with E-state index in [-0.39, 0.29) is 18.0 Å². The first kappa shape index (κ1) is 18.1. The first-order valence-electron chi connectivity index (χ1n) is 7.19. The molecule has 0 aliphatic carbocycles. The Morgan fingerprint density at radius 3 is 2.65 bits per heavy atom. The van der Waals surface area contributed by atoms with Crippen molar-refractivity contribution in [2.75, 3.05) is 5.32 Å². The molecule has 2 amide bonds.